The number of benzene rings is 1. The summed E-state index contributed by atoms with van der Waals surface area (Å²) in [5.74, 6) is 0.0911. The number of anilines is 1. The van der Waals surface area contributed by atoms with Gasteiger partial charge >= 0.3 is 0 Å². The van der Waals surface area contributed by atoms with Crippen LogP contribution in [0.25, 0.3) is 0 Å². The van der Waals surface area contributed by atoms with Crippen LogP contribution in [0, 0.1) is 0 Å². The van der Waals surface area contributed by atoms with Crippen molar-refractivity contribution < 1.29 is 13.2 Å². The maximum absolute atomic E-state index is 12.8. The highest BCUT2D eigenvalue weighted by Crippen LogP contribution is 2.19. The minimum absolute atomic E-state index is 0.00512. The number of amides is 1. The molecule has 0 N–H and O–H groups in total. The first-order valence-corrected chi connectivity index (χ1v) is 13.2. The number of hydrogen-bond donors (Lipinski definition) is 0. The minimum atomic E-state index is -3.37. The first-order chi connectivity index (χ1) is 15.0. The van der Waals surface area contributed by atoms with Gasteiger partial charge in [-0.2, -0.15) is 4.31 Å². The molecule has 10 heteroatoms. The fourth-order valence-electron chi connectivity index (χ4n) is 4.08. The van der Waals surface area contributed by atoms with Crippen molar-refractivity contribution in [1.82, 2.24) is 19.1 Å². The highest BCUT2D eigenvalue weighted by molar-refractivity contribution is 7.88. The number of aromatic nitrogens is 1. The summed E-state index contributed by atoms with van der Waals surface area (Å²) in [6.07, 6.45) is 2.82. The van der Waals surface area contributed by atoms with E-state index in [-0.39, 0.29) is 11.7 Å². The Balaban J connectivity index is 1.25. The predicted molar refractivity (Wildman–Crippen MR) is 123 cm³/mol. The lowest BCUT2D eigenvalue weighted by molar-refractivity contribution is -0.133. The van der Waals surface area contributed by atoms with E-state index in [9.17, 15) is 13.2 Å². The Morgan fingerprint density at radius 3 is 2.45 bits per heavy atom. The van der Waals surface area contributed by atoms with Crippen LogP contribution in [0.4, 0.5) is 5.13 Å². The van der Waals surface area contributed by atoms with Gasteiger partial charge in [0.05, 0.1) is 12.3 Å². The van der Waals surface area contributed by atoms with E-state index < -0.39 is 10.0 Å². The third-order valence-electron chi connectivity index (χ3n) is 5.81. The summed E-state index contributed by atoms with van der Waals surface area (Å²) in [7, 11) is -3.37. The number of carbonyl (C=O) groups excluding carboxylic acids is 1. The molecule has 0 saturated carbocycles. The van der Waals surface area contributed by atoms with E-state index in [1.54, 1.807) is 16.2 Å². The molecule has 168 valence electrons. The van der Waals surface area contributed by atoms with Crippen LogP contribution in [0.5, 0.6) is 0 Å². The zero-order valence-corrected chi connectivity index (χ0v) is 19.2. The molecule has 31 heavy (non-hydrogen) atoms. The fourth-order valence-corrected chi connectivity index (χ4v) is 6.29. The van der Waals surface area contributed by atoms with E-state index in [0.717, 1.165) is 43.3 Å². The Morgan fingerprint density at radius 2 is 1.74 bits per heavy atom. The largest absolute Gasteiger partial charge is 0.347 e. The summed E-state index contributed by atoms with van der Waals surface area (Å²) in [6.45, 7) is 5.55. The topological polar surface area (TPSA) is 77.1 Å². The maximum Gasteiger partial charge on any atom is 0.236 e. The van der Waals surface area contributed by atoms with Crippen LogP contribution in [0.3, 0.4) is 0 Å². The molecular weight excluding hydrogens is 434 g/mol. The second-order valence-electron chi connectivity index (χ2n) is 7.95. The Morgan fingerprint density at radius 1 is 0.968 bits per heavy atom. The molecule has 8 nitrogen and oxygen atoms in total. The van der Waals surface area contributed by atoms with Gasteiger partial charge < -0.3 is 9.80 Å². The Bertz CT molecular complexity index is 945. The van der Waals surface area contributed by atoms with Gasteiger partial charge in [-0.05, 0) is 12.0 Å². The van der Waals surface area contributed by atoms with Gasteiger partial charge in [-0.25, -0.2) is 13.4 Å². The molecule has 2 aliphatic heterocycles. The summed E-state index contributed by atoms with van der Waals surface area (Å²) >= 11 is 1.65. The lowest BCUT2D eigenvalue weighted by atomic mass is 10.2. The van der Waals surface area contributed by atoms with E-state index in [1.165, 1.54) is 4.31 Å². The molecule has 1 aromatic heterocycles. The molecule has 0 unspecified atom stereocenters. The number of rotatable bonds is 6. The highest BCUT2D eigenvalue weighted by Gasteiger charge is 2.29. The van der Waals surface area contributed by atoms with E-state index >= 15 is 0 Å². The van der Waals surface area contributed by atoms with Crippen molar-refractivity contribution in [3.63, 3.8) is 0 Å². The third kappa shape index (κ3) is 5.82. The van der Waals surface area contributed by atoms with Gasteiger partial charge in [0.1, 0.15) is 0 Å². The smallest absolute Gasteiger partial charge is 0.236 e. The zero-order valence-electron chi connectivity index (χ0n) is 17.6. The van der Waals surface area contributed by atoms with Crippen LogP contribution in [0.15, 0.2) is 41.9 Å². The van der Waals surface area contributed by atoms with Gasteiger partial charge in [0.25, 0.3) is 0 Å². The van der Waals surface area contributed by atoms with Crippen molar-refractivity contribution >= 4 is 32.4 Å². The number of thiazole rings is 1. The van der Waals surface area contributed by atoms with Gasteiger partial charge in [0, 0.05) is 63.9 Å². The number of hydrogen-bond acceptors (Lipinski definition) is 7. The number of piperazine rings is 1. The van der Waals surface area contributed by atoms with Crippen molar-refractivity contribution in [3.8, 4) is 0 Å². The molecule has 0 atom stereocenters. The average Bonchev–Trinajstić information content (AvgIpc) is 3.21. The van der Waals surface area contributed by atoms with Crippen molar-refractivity contribution in [3.05, 3.63) is 47.5 Å². The summed E-state index contributed by atoms with van der Waals surface area (Å²) in [6, 6.07) is 9.23. The zero-order chi connectivity index (χ0) is 21.7. The third-order valence-corrected chi connectivity index (χ3v) is 8.50. The molecule has 2 fully saturated rings. The Hall–Kier alpha value is -2.01. The summed E-state index contributed by atoms with van der Waals surface area (Å²) in [4.78, 5) is 23.5. The van der Waals surface area contributed by atoms with Gasteiger partial charge in [0.15, 0.2) is 5.13 Å². The molecule has 4 rings (SSSR count). The average molecular weight is 464 g/mol. The normalized spacial score (nSPS) is 19.4. The van der Waals surface area contributed by atoms with Gasteiger partial charge in [-0.15, -0.1) is 11.3 Å². The monoisotopic (exact) mass is 463 g/mol. The summed E-state index contributed by atoms with van der Waals surface area (Å²) in [5.41, 5.74) is 0.786. The van der Waals surface area contributed by atoms with Crippen LogP contribution in [0.1, 0.15) is 12.0 Å². The molecule has 2 aliphatic rings. The first kappa shape index (κ1) is 22.2. The van der Waals surface area contributed by atoms with Gasteiger partial charge in [-0.3, -0.25) is 9.69 Å². The van der Waals surface area contributed by atoms with Gasteiger partial charge in [-0.1, -0.05) is 30.3 Å². The van der Waals surface area contributed by atoms with Crippen molar-refractivity contribution in [2.45, 2.75) is 12.2 Å². The maximum atomic E-state index is 12.8. The van der Waals surface area contributed by atoms with Crippen molar-refractivity contribution in [2.24, 2.45) is 0 Å². The quantitative estimate of drug-likeness (QED) is 0.643. The Kier molecular flexibility index (Phi) is 7.21. The van der Waals surface area contributed by atoms with Crippen molar-refractivity contribution in [1.29, 1.82) is 0 Å². The fraction of sp³-hybridized carbons (Fsp3) is 0.524. The SMILES string of the molecule is O=C(CN1CCCN(c2nccs2)CC1)N1CCN(S(=O)(=O)Cc2ccccc2)CC1. The molecule has 2 aromatic rings. The van der Waals surface area contributed by atoms with Crippen LogP contribution in [0.2, 0.25) is 0 Å². The van der Waals surface area contributed by atoms with E-state index in [1.807, 2.05) is 41.9 Å². The molecule has 0 radical (unpaired) electrons. The second-order valence-corrected chi connectivity index (χ2v) is 10.8. The van der Waals surface area contributed by atoms with E-state index in [0.29, 0.717) is 32.7 Å². The predicted octanol–water partition coefficient (Wildman–Crippen LogP) is 1.33. The lowest BCUT2D eigenvalue weighted by Gasteiger charge is -2.35. The number of sulfonamides is 1. The Labute approximate surface area is 188 Å². The van der Waals surface area contributed by atoms with Crippen LogP contribution in [-0.4, -0.2) is 92.3 Å². The second kappa shape index (κ2) is 10.1. The van der Waals surface area contributed by atoms with Gasteiger partial charge in [0.2, 0.25) is 15.9 Å². The minimum Gasteiger partial charge on any atom is -0.347 e. The number of carbonyl (C=O) groups is 1. The summed E-state index contributed by atoms with van der Waals surface area (Å²) in [5, 5.41) is 3.03. The lowest BCUT2D eigenvalue weighted by Crippen LogP contribution is -2.53. The molecule has 1 amide bonds. The summed E-state index contributed by atoms with van der Waals surface area (Å²) < 4.78 is 27.0. The van der Waals surface area contributed by atoms with E-state index in [2.05, 4.69) is 14.8 Å². The van der Waals surface area contributed by atoms with Crippen LogP contribution >= 0.6 is 11.3 Å². The molecule has 3 heterocycles. The standard InChI is InChI=1S/C21H29N5O3S2/c27-20(17-23-8-4-9-25(11-10-23)21-22-7-16-30-21)24-12-14-26(15-13-24)31(28,29)18-19-5-2-1-3-6-19/h1-3,5-7,16H,4,8-15,17-18H2. The van der Waals surface area contributed by atoms with Crippen LogP contribution in [-0.2, 0) is 20.6 Å². The molecule has 1 aromatic carbocycles. The first-order valence-electron chi connectivity index (χ1n) is 10.7. The molecule has 0 spiro atoms. The van der Waals surface area contributed by atoms with Crippen LogP contribution < -0.4 is 4.90 Å². The highest BCUT2D eigenvalue weighted by atomic mass is 32.2. The number of nitrogens with zero attached hydrogens (tertiary/aromatic N) is 5. The molecule has 0 aliphatic carbocycles. The van der Waals surface area contributed by atoms with Crippen molar-refractivity contribution in [2.75, 3.05) is 63.8 Å². The molecule has 2 saturated heterocycles. The van der Waals surface area contributed by atoms with E-state index in [4.69, 9.17) is 0 Å². The molecule has 0 bridgehead atoms. The molecular formula is C21H29N5O3S2.